The fourth-order valence-corrected chi connectivity index (χ4v) is 2.02. The number of hydrogen-bond acceptors (Lipinski definition) is 2. The Morgan fingerprint density at radius 2 is 2.22 bits per heavy atom. The molecule has 2 unspecified atom stereocenters. The lowest BCUT2D eigenvalue weighted by Gasteiger charge is -2.20. The highest BCUT2D eigenvalue weighted by Gasteiger charge is 2.15. The monoisotopic (exact) mass is 254 g/mol. The molecule has 0 aromatic carbocycles. The lowest BCUT2D eigenvalue weighted by Crippen LogP contribution is -2.44. The minimum absolute atomic E-state index is 0.0317. The van der Waals surface area contributed by atoms with Crippen LogP contribution in [0.2, 0.25) is 0 Å². The largest absolute Gasteiger partial charge is 0.481 e. The number of carbonyl (C=O) groups excluding carboxylic acids is 1. The quantitative estimate of drug-likeness (QED) is 0.633. The third kappa shape index (κ3) is 5.70. The molecule has 1 aliphatic carbocycles. The third-order valence-corrected chi connectivity index (χ3v) is 3.18. The Morgan fingerprint density at radius 3 is 2.78 bits per heavy atom. The van der Waals surface area contributed by atoms with Gasteiger partial charge in [-0.15, -0.1) is 0 Å². The van der Waals surface area contributed by atoms with E-state index in [0.29, 0.717) is 18.9 Å². The van der Waals surface area contributed by atoms with Crippen molar-refractivity contribution in [3.05, 3.63) is 12.2 Å². The summed E-state index contributed by atoms with van der Waals surface area (Å²) in [6.07, 6.45) is 8.08. The van der Waals surface area contributed by atoms with Crippen LogP contribution in [-0.4, -0.2) is 29.7 Å². The van der Waals surface area contributed by atoms with Crippen molar-refractivity contribution in [2.75, 3.05) is 6.54 Å². The van der Waals surface area contributed by atoms with Crippen molar-refractivity contribution >= 4 is 12.0 Å². The first-order valence-electron chi connectivity index (χ1n) is 6.53. The van der Waals surface area contributed by atoms with Crippen LogP contribution in [-0.2, 0) is 4.79 Å². The van der Waals surface area contributed by atoms with E-state index in [9.17, 15) is 9.59 Å². The van der Waals surface area contributed by atoms with Crippen LogP contribution in [0.25, 0.3) is 0 Å². The van der Waals surface area contributed by atoms with Crippen molar-refractivity contribution in [2.45, 2.75) is 45.1 Å². The zero-order valence-electron chi connectivity index (χ0n) is 10.8. The van der Waals surface area contributed by atoms with Crippen molar-refractivity contribution in [3.63, 3.8) is 0 Å². The highest BCUT2D eigenvalue weighted by molar-refractivity contribution is 5.75. The topological polar surface area (TPSA) is 78.4 Å². The molecule has 0 saturated carbocycles. The summed E-state index contributed by atoms with van der Waals surface area (Å²) in [6, 6.07) is -0.564. The Hall–Kier alpha value is -1.52. The van der Waals surface area contributed by atoms with Gasteiger partial charge in [0.15, 0.2) is 0 Å². The van der Waals surface area contributed by atoms with Gasteiger partial charge in [-0.3, -0.25) is 4.79 Å². The van der Waals surface area contributed by atoms with E-state index in [4.69, 9.17) is 5.11 Å². The van der Waals surface area contributed by atoms with Crippen LogP contribution in [0.3, 0.4) is 0 Å². The first-order valence-corrected chi connectivity index (χ1v) is 6.53. The first kappa shape index (κ1) is 14.5. The summed E-state index contributed by atoms with van der Waals surface area (Å²) in [4.78, 5) is 22.2. The van der Waals surface area contributed by atoms with E-state index >= 15 is 0 Å². The number of carboxylic acid groups (broad SMARTS) is 1. The van der Waals surface area contributed by atoms with E-state index in [0.717, 1.165) is 19.3 Å². The maximum atomic E-state index is 11.6. The van der Waals surface area contributed by atoms with Gasteiger partial charge in [0.2, 0.25) is 0 Å². The standard InChI is InChI=1S/C13H22N2O3/c1-2-11(8-12(16)17)15-13(18)14-9-10-6-4-3-5-7-10/h3-4,10-11H,2,5-9H2,1H3,(H,16,17)(H2,14,15,18). The molecule has 5 heteroatoms. The molecule has 0 saturated heterocycles. The van der Waals surface area contributed by atoms with E-state index in [1.165, 1.54) is 0 Å². The third-order valence-electron chi connectivity index (χ3n) is 3.18. The molecule has 3 N–H and O–H groups in total. The Bertz CT molecular complexity index is 315. The molecule has 5 nitrogen and oxygen atoms in total. The predicted octanol–water partition coefficient (Wildman–Crippen LogP) is 1.90. The van der Waals surface area contributed by atoms with Crippen molar-refractivity contribution in [1.29, 1.82) is 0 Å². The second kappa shape index (κ2) is 7.74. The van der Waals surface area contributed by atoms with E-state index in [1.807, 2.05) is 6.92 Å². The van der Waals surface area contributed by atoms with Crippen LogP contribution >= 0.6 is 0 Å². The van der Waals surface area contributed by atoms with Crippen LogP contribution < -0.4 is 10.6 Å². The molecule has 0 fully saturated rings. The second-order valence-corrected chi connectivity index (χ2v) is 4.71. The number of carboxylic acids is 1. The molecule has 102 valence electrons. The highest BCUT2D eigenvalue weighted by Crippen LogP contribution is 2.16. The van der Waals surface area contributed by atoms with Gasteiger partial charge in [0.1, 0.15) is 0 Å². The van der Waals surface area contributed by atoms with E-state index in [2.05, 4.69) is 22.8 Å². The summed E-state index contributed by atoms with van der Waals surface area (Å²) in [6.45, 7) is 2.51. The number of nitrogens with one attached hydrogen (secondary N) is 2. The fraction of sp³-hybridized carbons (Fsp3) is 0.692. The van der Waals surface area contributed by atoms with Gasteiger partial charge in [0, 0.05) is 12.6 Å². The Balaban J connectivity index is 2.23. The maximum Gasteiger partial charge on any atom is 0.315 e. The predicted molar refractivity (Wildman–Crippen MR) is 69.3 cm³/mol. The van der Waals surface area contributed by atoms with Gasteiger partial charge in [-0.2, -0.15) is 0 Å². The van der Waals surface area contributed by atoms with Crippen molar-refractivity contribution in [3.8, 4) is 0 Å². The zero-order valence-corrected chi connectivity index (χ0v) is 10.8. The van der Waals surface area contributed by atoms with Crippen LogP contribution in [0.4, 0.5) is 4.79 Å². The van der Waals surface area contributed by atoms with Gasteiger partial charge in [-0.1, -0.05) is 19.1 Å². The molecule has 0 aromatic heterocycles. The van der Waals surface area contributed by atoms with E-state index in [1.54, 1.807) is 0 Å². The number of carbonyl (C=O) groups is 2. The van der Waals surface area contributed by atoms with Gasteiger partial charge >= 0.3 is 12.0 Å². The second-order valence-electron chi connectivity index (χ2n) is 4.71. The number of amides is 2. The lowest BCUT2D eigenvalue weighted by atomic mass is 9.94. The van der Waals surface area contributed by atoms with Gasteiger partial charge in [-0.05, 0) is 31.6 Å². The van der Waals surface area contributed by atoms with E-state index < -0.39 is 5.97 Å². The number of rotatable bonds is 6. The number of aliphatic carboxylic acids is 1. The summed E-state index contributed by atoms with van der Waals surface area (Å²) < 4.78 is 0. The molecule has 2 atom stereocenters. The first-order chi connectivity index (χ1) is 8.61. The molecule has 0 aliphatic heterocycles. The van der Waals surface area contributed by atoms with Crippen LogP contribution in [0, 0.1) is 5.92 Å². The summed E-state index contributed by atoms with van der Waals surface area (Å²) in [7, 11) is 0. The number of urea groups is 1. The summed E-state index contributed by atoms with van der Waals surface area (Å²) >= 11 is 0. The van der Waals surface area contributed by atoms with Gasteiger partial charge < -0.3 is 15.7 Å². The minimum atomic E-state index is -0.889. The van der Waals surface area contributed by atoms with Crippen molar-refractivity contribution in [2.24, 2.45) is 5.92 Å². The Labute approximate surface area is 108 Å². The number of hydrogen-bond donors (Lipinski definition) is 3. The number of allylic oxidation sites excluding steroid dienone is 2. The summed E-state index contributed by atoms with van der Waals surface area (Å²) in [5.41, 5.74) is 0. The van der Waals surface area contributed by atoms with Gasteiger partial charge in [0.05, 0.1) is 6.42 Å². The average molecular weight is 254 g/mol. The molecular formula is C13H22N2O3. The summed E-state index contributed by atoms with van der Waals surface area (Å²) in [5, 5.41) is 14.2. The molecule has 18 heavy (non-hydrogen) atoms. The molecule has 0 spiro atoms. The Morgan fingerprint density at radius 1 is 1.44 bits per heavy atom. The van der Waals surface area contributed by atoms with Gasteiger partial charge in [-0.25, -0.2) is 4.79 Å². The normalized spacial score (nSPS) is 20.2. The molecule has 0 radical (unpaired) electrons. The zero-order chi connectivity index (χ0) is 13.4. The smallest absolute Gasteiger partial charge is 0.315 e. The fourth-order valence-electron chi connectivity index (χ4n) is 2.02. The SMILES string of the molecule is CCC(CC(=O)O)NC(=O)NCC1CC=CCC1. The lowest BCUT2D eigenvalue weighted by molar-refractivity contribution is -0.137. The van der Waals surface area contributed by atoms with Crippen molar-refractivity contribution in [1.82, 2.24) is 10.6 Å². The highest BCUT2D eigenvalue weighted by atomic mass is 16.4. The molecule has 1 aliphatic rings. The van der Waals surface area contributed by atoms with Crippen molar-refractivity contribution < 1.29 is 14.7 Å². The maximum absolute atomic E-state index is 11.6. The van der Waals surface area contributed by atoms with Gasteiger partial charge in [0.25, 0.3) is 0 Å². The van der Waals surface area contributed by atoms with Crippen LogP contribution in [0.1, 0.15) is 39.0 Å². The van der Waals surface area contributed by atoms with Crippen LogP contribution in [0.15, 0.2) is 12.2 Å². The molecular weight excluding hydrogens is 232 g/mol. The molecule has 0 heterocycles. The molecule has 1 rings (SSSR count). The molecule has 0 aromatic rings. The van der Waals surface area contributed by atoms with E-state index in [-0.39, 0.29) is 18.5 Å². The average Bonchev–Trinajstić information content (AvgIpc) is 2.36. The van der Waals surface area contributed by atoms with Crippen LogP contribution in [0.5, 0.6) is 0 Å². The molecule has 2 amide bonds. The molecule has 0 bridgehead atoms. The summed E-state index contributed by atoms with van der Waals surface area (Å²) in [5.74, 6) is -0.389. The minimum Gasteiger partial charge on any atom is -0.481 e. The Kier molecular flexibility index (Phi) is 6.25.